The second-order valence-corrected chi connectivity index (χ2v) is 2.48. The summed E-state index contributed by atoms with van der Waals surface area (Å²) in [5, 5.41) is 8.78. The standard InChI is InChI=1S/C9H11NO2/c1-2-9(12)8-5-7(6-11)3-4-10-8/h3-5,11H,2,6H2,1H3. The second-order valence-electron chi connectivity index (χ2n) is 2.48. The normalized spacial score (nSPS) is 9.83. The summed E-state index contributed by atoms with van der Waals surface area (Å²) in [6, 6.07) is 3.30. The molecule has 1 aromatic heterocycles. The molecule has 0 amide bonds. The molecule has 0 spiro atoms. The number of hydrogen-bond donors (Lipinski definition) is 1. The average molecular weight is 165 g/mol. The van der Waals surface area contributed by atoms with Gasteiger partial charge in [0, 0.05) is 12.6 Å². The third kappa shape index (κ3) is 1.89. The van der Waals surface area contributed by atoms with Gasteiger partial charge in [-0.2, -0.15) is 0 Å². The van der Waals surface area contributed by atoms with Crippen LogP contribution >= 0.6 is 0 Å². The van der Waals surface area contributed by atoms with Crippen molar-refractivity contribution < 1.29 is 9.90 Å². The van der Waals surface area contributed by atoms with E-state index in [0.29, 0.717) is 12.1 Å². The van der Waals surface area contributed by atoms with Crippen LogP contribution in [0.3, 0.4) is 0 Å². The first-order valence-corrected chi connectivity index (χ1v) is 3.87. The van der Waals surface area contributed by atoms with Gasteiger partial charge in [-0.15, -0.1) is 0 Å². The third-order valence-corrected chi connectivity index (χ3v) is 1.61. The van der Waals surface area contributed by atoms with Crippen molar-refractivity contribution in [2.45, 2.75) is 20.0 Å². The van der Waals surface area contributed by atoms with Crippen LogP contribution < -0.4 is 0 Å². The van der Waals surface area contributed by atoms with E-state index in [1.165, 1.54) is 6.20 Å². The minimum absolute atomic E-state index is 0.00491. The number of Topliss-reactive ketones (excluding diaryl/α,β-unsaturated/α-hetero) is 1. The van der Waals surface area contributed by atoms with Crippen molar-refractivity contribution in [1.29, 1.82) is 0 Å². The summed E-state index contributed by atoms with van der Waals surface area (Å²) in [5.41, 5.74) is 1.16. The van der Waals surface area contributed by atoms with Crippen LogP contribution in [0.15, 0.2) is 18.3 Å². The van der Waals surface area contributed by atoms with Crippen molar-refractivity contribution in [3.8, 4) is 0 Å². The van der Waals surface area contributed by atoms with Crippen LogP contribution in [0, 0.1) is 0 Å². The molecule has 3 nitrogen and oxygen atoms in total. The highest BCUT2D eigenvalue weighted by atomic mass is 16.3. The highest BCUT2D eigenvalue weighted by molar-refractivity contribution is 5.94. The van der Waals surface area contributed by atoms with Crippen molar-refractivity contribution in [2.24, 2.45) is 0 Å². The van der Waals surface area contributed by atoms with Crippen LogP contribution in [0.2, 0.25) is 0 Å². The number of aliphatic hydroxyl groups is 1. The number of carbonyl (C=O) groups excluding carboxylic acids is 1. The minimum atomic E-state index is -0.0491. The predicted molar refractivity (Wildman–Crippen MR) is 44.8 cm³/mol. The Bertz CT molecular complexity index is 284. The molecule has 0 radical (unpaired) electrons. The van der Waals surface area contributed by atoms with Gasteiger partial charge in [0.2, 0.25) is 0 Å². The van der Waals surface area contributed by atoms with Crippen molar-refractivity contribution in [3.05, 3.63) is 29.6 Å². The van der Waals surface area contributed by atoms with Crippen molar-refractivity contribution in [3.63, 3.8) is 0 Å². The Kier molecular flexibility index (Phi) is 2.94. The summed E-state index contributed by atoms with van der Waals surface area (Å²) < 4.78 is 0. The molecule has 0 aliphatic rings. The zero-order valence-corrected chi connectivity index (χ0v) is 6.95. The molecule has 64 valence electrons. The lowest BCUT2D eigenvalue weighted by Gasteiger charge is -1.98. The van der Waals surface area contributed by atoms with E-state index in [-0.39, 0.29) is 12.4 Å². The molecule has 0 atom stereocenters. The number of pyridine rings is 1. The number of rotatable bonds is 3. The fourth-order valence-electron chi connectivity index (χ4n) is 0.906. The van der Waals surface area contributed by atoms with Crippen LogP contribution in [0.25, 0.3) is 0 Å². The van der Waals surface area contributed by atoms with Gasteiger partial charge in [0.25, 0.3) is 0 Å². The molecule has 1 N–H and O–H groups in total. The Hall–Kier alpha value is -1.22. The van der Waals surface area contributed by atoms with Crippen molar-refractivity contribution >= 4 is 5.78 Å². The first kappa shape index (κ1) is 8.87. The lowest BCUT2D eigenvalue weighted by Crippen LogP contribution is -2.00. The molecule has 1 aromatic rings. The van der Waals surface area contributed by atoms with Gasteiger partial charge in [0.15, 0.2) is 5.78 Å². The number of aromatic nitrogens is 1. The number of aliphatic hydroxyl groups excluding tert-OH is 1. The van der Waals surface area contributed by atoms with Crippen LogP contribution in [0.5, 0.6) is 0 Å². The molecule has 12 heavy (non-hydrogen) atoms. The largest absolute Gasteiger partial charge is 0.392 e. The lowest BCUT2D eigenvalue weighted by atomic mass is 10.1. The van der Waals surface area contributed by atoms with Crippen molar-refractivity contribution in [1.82, 2.24) is 4.98 Å². The Balaban J connectivity index is 2.93. The summed E-state index contributed by atoms with van der Waals surface area (Å²) in [6.45, 7) is 1.74. The smallest absolute Gasteiger partial charge is 0.180 e. The highest BCUT2D eigenvalue weighted by Gasteiger charge is 2.03. The Morgan fingerprint density at radius 1 is 1.67 bits per heavy atom. The fraction of sp³-hybridized carbons (Fsp3) is 0.333. The monoisotopic (exact) mass is 165 g/mol. The molecule has 1 heterocycles. The van der Waals surface area contributed by atoms with E-state index in [2.05, 4.69) is 4.98 Å². The second kappa shape index (κ2) is 3.97. The van der Waals surface area contributed by atoms with E-state index in [1.54, 1.807) is 19.1 Å². The van der Waals surface area contributed by atoms with Crippen LogP contribution in [-0.4, -0.2) is 15.9 Å². The molecular formula is C9H11NO2. The SMILES string of the molecule is CCC(=O)c1cc(CO)ccn1. The van der Waals surface area contributed by atoms with Gasteiger partial charge in [-0.3, -0.25) is 9.78 Å². The van der Waals surface area contributed by atoms with Crippen LogP contribution in [-0.2, 0) is 6.61 Å². The molecule has 1 rings (SSSR count). The topological polar surface area (TPSA) is 50.2 Å². The molecule has 0 saturated carbocycles. The summed E-state index contributed by atoms with van der Waals surface area (Å²) >= 11 is 0. The molecule has 0 saturated heterocycles. The number of nitrogens with zero attached hydrogens (tertiary/aromatic N) is 1. The van der Waals surface area contributed by atoms with Gasteiger partial charge in [-0.05, 0) is 17.7 Å². The summed E-state index contributed by atoms with van der Waals surface area (Å²) in [4.78, 5) is 15.0. The Labute approximate surface area is 71.1 Å². The van der Waals surface area contributed by atoms with Gasteiger partial charge >= 0.3 is 0 Å². The maximum atomic E-state index is 11.1. The van der Waals surface area contributed by atoms with Crippen LogP contribution in [0.4, 0.5) is 0 Å². The van der Waals surface area contributed by atoms with E-state index in [0.717, 1.165) is 5.56 Å². The van der Waals surface area contributed by atoms with Gasteiger partial charge in [-0.1, -0.05) is 6.92 Å². The quantitative estimate of drug-likeness (QED) is 0.684. The van der Waals surface area contributed by atoms with Gasteiger partial charge in [0.1, 0.15) is 5.69 Å². The number of hydrogen-bond acceptors (Lipinski definition) is 3. The Morgan fingerprint density at radius 2 is 2.42 bits per heavy atom. The van der Waals surface area contributed by atoms with Crippen molar-refractivity contribution in [2.75, 3.05) is 0 Å². The summed E-state index contributed by atoms with van der Waals surface area (Å²) in [6.07, 6.45) is 1.98. The number of ketones is 1. The van der Waals surface area contributed by atoms with E-state index < -0.39 is 0 Å². The third-order valence-electron chi connectivity index (χ3n) is 1.61. The average Bonchev–Trinajstić information content (AvgIpc) is 2.17. The van der Waals surface area contributed by atoms with E-state index in [1.807, 2.05) is 0 Å². The van der Waals surface area contributed by atoms with Gasteiger partial charge in [-0.25, -0.2) is 0 Å². The van der Waals surface area contributed by atoms with Crippen LogP contribution in [0.1, 0.15) is 29.4 Å². The molecule has 0 fully saturated rings. The molecule has 0 aromatic carbocycles. The zero-order chi connectivity index (χ0) is 8.97. The molecular weight excluding hydrogens is 154 g/mol. The van der Waals surface area contributed by atoms with Gasteiger partial charge in [0.05, 0.1) is 6.61 Å². The first-order chi connectivity index (χ1) is 5.77. The molecule has 3 heteroatoms. The molecule has 0 unspecified atom stereocenters. The highest BCUT2D eigenvalue weighted by Crippen LogP contribution is 2.03. The zero-order valence-electron chi connectivity index (χ0n) is 6.95. The van der Waals surface area contributed by atoms with E-state index in [9.17, 15) is 4.79 Å². The van der Waals surface area contributed by atoms with Gasteiger partial charge < -0.3 is 5.11 Å². The Morgan fingerprint density at radius 3 is 3.00 bits per heavy atom. The molecule has 0 bridgehead atoms. The molecule has 0 aliphatic heterocycles. The first-order valence-electron chi connectivity index (χ1n) is 3.87. The number of carbonyl (C=O) groups is 1. The molecule has 0 aliphatic carbocycles. The van der Waals surface area contributed by atoms with E-state index in [4.69, 9.17) is 5.11 Å². The summed E-state index contributed by atoms with van der Waals surface area (Å²) in [5.74, 6) is 0.00491. The minimum Gasteiger partial charge on any atom is -0.392 e. The van der Waals surface area contributed by atoms with E-state index >= 15 is 0 Å². The fourth-order valence-corrected chi connectivity index (χ4v) is 0.906. The predicted octanol–water partition coefficient (Wildman–Crippen LogP) is 1.17. The summed E-state index contributed by atoms with van der Waals surface area (Å²) in [7, 11) is 0. The maximum absolute atomic E-state index is 11.1. The maximum Gasteiger partial charge on any atom is 0.180 e. The lowest BCUT2D eigenvalue weighted by molar-refractivity contribution is 0.0983.